The first-order chi connectivity index (χ1) is 15.0. The Kier molecular flexibility index (Phi) is 8.42. The SMILES string of the molecule is CCNC(=NCc1cccc(S(=O)(=O)N2CCCCC2)c1)NCCn1cnnc1CC. The zero-order chi connectivity index (χ0) is 22.1. The third-order valence-corrected chi connectivity index (χ3v) is 7.17. The van der Waals surface area contributed by atoms with Crippen molar-refractivity contribution in [2.75, 3.05) is 26.2 Å². The molecule has 2 N–H and O–H groups in total. The van der Waals surface area contributed by atoms with Gasteiger partial charge in [0.1, 0.15) is 12.2 Å². The van der Waals surface area contributed by atoms with Crippen LogP contribution in [0.1, 0.15) is 44.5 Å². The average Bonchev–Trinajstić information content (AvgIpc) is 3.26. The molecule has 1 fully saturated rings. The molecule has 31 heavy (non-hydrogen) atoms. The first-order valence-corrected chi connectivity index (χ1v) is 12.5. The van der Waals surface area contributed by atoms with Gasteiger partial charge in [-0.3, -0.25) is 0 Å². The number of benzene rings is 1. The van der Waals surface area contributed by atoms with Gasteiger partial charge >= 0.3 is 0 Å². The minimum absolute atomic E-state index is 0.347. The van der Waals surface area contributed by atoms with E-state index < -0.39 is 10.0 Å². The predicted octanol–water partition coefficient (Wildman–Crippen LogP) is 1.77. The van der Waals surface area contributed by atoms with Crippen molar-refractivity contribution in [1.82, 2.24) is 29.7 Å². The normalized spacial score (nSPS) is 15.7. The lowest BCUT2D eigenvalue weighted by Crippen LogP contribution is -2.39. The maximum atomic E-state index is 12.9. The monoisotopic (exact) mass is 447 g/mol. The molecule has 0 bridgehead atoms. The molecule has 0 amide bonds. The number of piperidine rings is 1. The van der Waals surface area contributed by atoms with Gasteiger partial charge in [0.05, 0.1) is 11.4 Å². The van der Waals surface area contributed by atoms with E-state index in [1.807, 2.05) is 17.6 Å². The summed E-state index contributed by atoms with van der Waals surface area (Å²) in [5.41, 5.74) is 0.863. The minimum atomic E-state index is -3.44. The molecule has 2 heterocycles. The zero-order valence-electron chi connectivity index (χ0n) is 18.4. The van der Waals surface area contributed by atoms with E-state index in [0.29, 0.717) is 37.0 Å². The molecule has 1 aliphatic heterocycles. The van der Waals surface area contributed by atoms with E-state index in [4.69, 9.17) is 0 Å². The smallest absolute Gasteiger partial charge is 0.243 e. The summed E-state index contributed by atoms with van der Waals surface area (Å²) in [6.07, 6.45) is 5.52. The Morgan fingerprint density at radius 2 is 1.97 bits per heavy atom. The molecule has 1 aromatic heterocycles. The van der Waals surface area contributed by atoms with Crippen molar-refractivity contribution in [2.24, 2.45) is 4.99 Å². The van der Waals surface area contributed by atoms with E-state index in [-0.39, 0.29) is 0 Å². The van der Waals surface area contributed by atoms with Crippen molar-refractivity contribution in [1.29, 1.82) is 0 Å². The summed E-state index contributed by atoms with van der Waals surface area (Å²) in [6, 6.07) is 7.11. The molecule has 0 spiro atoms. The van der Waals surface area contributed by atoms with E-state index in [2.05, 4.69) is 32.7 Å². The van der Waals surface area contributed by atoms with Gasteiger partial charge in [-0.25, -0.2) is 13.4 Å². The second-order valence-corrected chi connectivity index (χ2v) is 9.47. The van der Waals surface area contributed by atoms with Gasteiger partial charge in [-0.1, -0.05) is 25.5 Å². The van der Waals surface area contributed by atoms with E-state index >= 15 is 0 Å². The second-order valence-electron chi connectivity index (χ2n) is 7.53. The first kappa shape index (κ1) is 23.2. The lowest BCUT2D eigenvalue weighted by molar-refractivity contribution is 0.346. The molecule has 0 atom stereocenters. The largest absolute Gasteiger partial charge is 0.357 e. The van der Waals surface area contributed by atoms with Gasteiger partial charge in [0.25, 0.3) is 0 Å². The molecule has 0 saturated carbocycles. The molecule has 1 saturated heterocycles. The number of guanidine groups is 1. The van der Waals surface area contributed by atoms with Crippen LogP contribution in [-0.2, 0) is 29.5 Å². The molecule has 3 rings (SSSR count). The van der Waals surface area contributed by atoms with E-state index in [9.17, 15) is 8.42 Å². The number of hydrogen-bond acceptors (Lipinski definition) is 5. The Balaban J connectivity index is 1.63. The van der Waals surface area contributed by atoms with Crippen molar-refractivity contribution in [3.05, 3.63) is 42.0 Å². The number of hydrogen-bond donors (Lipinski definition) is 2. The van der Waals surface area contributed by atoms with Crippen molar-refractivity contribution < 1.29 is 8.42 Å². The minimum Gasteiger partial charge on any atom is -0.357 e. The maximum Gasteiger partial charge on any atom is 0.243 e. The van der Waals surface area contributed by atoms with E-state index in [1.54, 1.807) is 28.8 Å². The number of sulfonamides is 1. The molecule has 9 nitrogen and oxygen atoms in total. The number of aromatic nitrogens is 3. The van der Waals surface area contributed by atoms with Crippen LogP contribution in [0.15, 0.2) is 40.5 Å². The number of nitrogens with zero attached hydrogens (tertiary/aromatic N) is 5. The first-order valence-electron chi connectivity index (χ1n) is 11.0. The van der Waals surface area contributed by atoms with Gasteiger partial charge in [0, 0.05) is 39.1 Å². The third-order valence-electron chi connectivity index (χ3n) is 5.27. The molecule has 1 aromatic carbocycles. The van der Waals surface area contributed by atoms with Crippen LogP contribution in [0.5, 0.6) is 0 Å². The maximum absolute atomic E-state index is 12.9. The molecule has 0 unspecified atom stereocenters. The Morgan fingerprint density at radius 3 is 2.71 bits per heavy atom. The van der Waals surface area contributed by atoms with Gasteiger partial charge in [0.2, 0.25) is 10.0 Å². The fourth-order valence-electron chi connectivity index (χ4n) is 3.60. The fraction of sp³-hybridized carbons (Fsp3) is 0.571. The summed E-state index contributed by atoms with van der Waals surface area (Å²) < 4.78 is 29.5. The molecule has 10 heteroatoms. The number of aryl methyl sites for hydroxylation is 1. The van der Waals surface area contributed by atoms with Crippen LogP contribution >= 0.6 is 0 Å². The third kappa shape index (κ3) is 6.27. The number of aliphatic imine (C=N–C) groups is 1. The standard InChI is InChI=1S/C21H33N7O2S/c1-3-20-26-25-17-27(20)14-11-23-21(22-4-2)24-16-18-9-8-10-19(15-18)31(29,30)28-12-6-5-7-13-28/h8-10,15,17H,3-7,11-14,16H2,1-2H3,(H2,22,23,24). The van der Waals surface area contributed by atoms with Crippen LogP contribution in [0, 0.1) is 0 Å². The van der Waals surface area contributed by atoms with Gasteiger partial charge in [0.15, 0.2) is 5.96 Å². The van der Waals surface area contributed by atoms with E-state index in [0.717, 1.165) is 50.2 Å². The Labute approximate surface area is 185 Å². The molecule has 170 valence electrons. The quantitative estimate of drug-likeness (QED) is 0.448. The zero-order valence-corrected chi connectivity index (χ0v) is 19.2. The molecule has 1 aliphatic rings. The van der Waals surface area contributed by atoms with Crippen LogP contribution in [0.4, 0.5) is 0 Å². The second kappa shape index (κ2) is 11.2. The highest BCUT2D eigenvalue weighted by Crippen LogP contribution is 2.21. The summed E-state index contributed by atoms with van der Waals surface area (Å²) in [5.74, 6) is 1.65. The highest BCUT2D eigenvalue weighted by molar-refractivity contribution is 7.89. The average molecular weight is 448 g/mol. The van der Waals surface area contributed by atoms with Crippen molar-refractivity contribution in [2.45, 2.75) is 57.5 Å². The molecule has 2 aromatic rings. The number of rotatable bonds is 9. The van der Waals surface area contributed by atoms with Gasteiger partial charge < -0.3 is 15.2 Å². The summed E-state index contributed by atoms with van der Waals surface area (Å²) in [5, 5.41) is 14.6. The molecule has 0 radical (unpaired) electrons. The van der Waals surface area contributed by atoms with Crippen LogP contribution in [-0.4, -0.2) is 59.6 Å². The van der Waals surface area contributed by atoms with Crippen LogP contribution in [0.3, 0.4) is 0 Å². The lowest BCUT2D eigenvalue weighted by atomic mass is 10.2. The van der Waals surface area contributed by atoms with Gasteiger partial charge in [-0.15, -0.1) is 10.2 Å². The summed E-state index contributed by atoms with van der Waals surface area (Å²) in [4.78, 5) is 4.97. The molecule has 0 aliphatic carbocycles. The van der Waals surface area contributed by atoms with Crippen LogP contribution < -0.4 is 10.6 Å². The summed E-state index contributed by atoms with van der Waals surface area (Å²) in [7, 11) is -3.44. The Morgan fingerprint density at radius 1 is 1.16 bits per heavy atom. The highest BCUT2D eigenvalue weighted by Gasteiger charge is 2.25. The Hall–Kier alpha value is -2.46. The summed E-state index contributed by atoms with van der Waals surface area (Å²) in [6.45, 7) is 7.83. The van der Waals surface area contributed by atoms with Gasteiger partial charge in [-0.05, 0) is 37.5 Å². The lowest BCUT2D eigenvalue weighted by Gasteiger charge is -2.26. The van der Waals surface area contributed by atoms with Crippen molar-refractivity contribution in [3.8, 4) is 0 Å². The van der Waals surface area contributed by atoms with Crippen LogP contribution in [0.25, 0.3) is 0 Å². The van der Waals surface area contributed by atoms with Crippen LogP contribution in [0.2, 0.25) is 0 Å². The van der Waals surface area contributed by atoms with E-state index in [1.165, 1.54) is 0 Å². The molecular formula is C21H33N7O2S. The topological polar surface area (TPSA) is 105 Å². The Bertz CT molecular complexity index is 966. The highest BCUT2D eigenvalue weighted by atomic mass is 32.2. The predicted molar refractivity (Wildman–Crippen MR) is 121 cm³/mol. The summed E-state index contributed by atoms with van der Waals surface area (Å²) >= 11 is 0. The number of nitrogens with one attached hydrogen (secondary N) is 2. The fourth-order valence-corrected chi connectivity index (χ4v) is 5.19. The van der Waals surface area contributed by atoms with Crippen molar-refractivity contribution in [3.63, 3.8) is 0 Å². The molecular weight excluding hydrogens is 414 g/mol. The van der Waals surface area contributed by atoms with Gasteiger partial charge in [-0.2, -0.15) is 4.31 Å². The van der Waals surface area contributed by atoms with Crippen molar-refractivity contribution >= 4 is 16.0 Å².